The van der Waals surface area contributed by atoms with Crippen molar-refractivity contribution in [3.8, 4) is 0 Å². The van der Waals surface area contributed by atoms with E-state index in [4.69, 9.17) is 15.0 Å². The Bertz CT molecular complexity index is 455. The first-order valence-electron chi connectivity index (χ1n) is 5.83. The minimum atomic E-state index is -1.19. The quantitative estimate of drug-likeness (QED) is 0.774. The first kappa shape index (κ1) is 17.4. The van der Waals surface area contributed by atoms with Gasteiger partial charge in [0.2, 0.25) is 5.12 Å². The second-order valence-corrected chi connectivity index (χ2v) is 4.21. The van der Waals surface area contributed by atoms with Gasteiger partial charge in [-0.05, 0) is 11.1 Å². The standard InChI is InChI=1S/C10H8OS.C2H4O3.C2H6/c1-7-9-5-3-2-4-8(9)6-12-10(7)11;3-1-2(4)5;1-2/h2-5H,1,6H2;3H,1H2,(H,4,5);1-2H3. The number of aliphatic hydroxyl groups excluding tert-OH is 1. The molecular formula is C14H18O4S. The van der Waals surface area contributed by atoms with E-state index >= 15 is 0 Å². The Hall–Kier alpha value is -1.59. The minimum absolute atomic E-state index is 0.105. The molecule has 0 spiro atoms. The van der Waals surface area contributed by atoms with Crippen molar-refractivity contribution in [3.05, 3.63) is 42.0 Å². The number of hydrogen-bond donors (Lipinski definition) is 2. The SMILES string of the molecule is C=C1C(=O)SCc2ccccc21.CC.O=C(O)CO. The Morgan fingerprint density at radius 3 is 2.42 bits per heavy atom. The molecule has 0 saturated carbocycles. The smallest absolute Gasteiger partial charge is 0.329 e. The van der Waals surface area contributed by atoms with Crippen molar-refractivity contribution in [1.29, 1.82) is 0 Å². The molecular weight excluding hydrogens is 264 g/mol. The van der Waals surface area contributed by atoms with Crippen LogP contribution in [0.15, 0.2) is 30.8 Å². The molecule has 0 radical (unpaired) electrons. The van der Waals surface area contributed by atoms with Crippen LogP contribution in [0.4, 0.5) is 0 Å². The zero-order valence-electron chi connectivity index (χ0n) is 11.0. The number of aliphatic carboxylic acids is 1. The summed E-state index contributed by atoms with van der Waals surface area (Å²) in [6.07, 6.45) is 0. The highest BCUT2D eigenvalue weighted by Crippen LogP contribution is 2.32. The number of carbonyl (C=O) groups is 2. The highest BCUT2D eigenvalue weighted by Gasteiger charge is 2.18. The molecule has 104 valence electrons. The summed E-state index contributed by atoms with van der Waals surface area (Å²) in [5, 5.41) is 15.1. The van der Waals surface area contributed by atoms with E-state index in [9.17, 15) is 4.79 Å². The highest BCUT2D eigenvalue weighted by atomic mass is 32.2. The fourth-order valence-electron chi connectivity index (χ4n) is 1.28. The molecule has 1 aromatic rings. The van der Waals surface area contributed by atoms with Crippen molar-refractivity contribution >= 4 is 28.4 Å². The van der Waals surface area contributed by atoms with Gasteiger partial charge in [0.05, 0.1) is 0 Å². The van der Waals surface area contributed by atoms with Crippen LogP contribution in [-0.2, 0) is 15.3 Å². The van der Waals surface area contributed by atoms with Crippen molar-refractivity contribution in [2.75, 3.05) is 6.61 Å². The van der Waals surface area contributed by atoms with Crippen molar-refractivity contribution in [2.24, 2.45) is 0 Å². The average Bonchev–Trinajstić information content (AvgIpc) is 2.46. The Labute approximate surface area is 117 Å². The van der Waals surface area contributed by atoms with E-state index in [0.717, 1.165) is 11.3 Å². The van der Waals surface area contributed by atoms with Crippen LogP contribution in [0, 0.1) is 0 Å². The molecule has 2 N–H and O–H groups in total. The molecule has 0 aromatic heterocycles. The lowest BCUT2D eigenvalue weighted by Crippen LogP contribution is -2.05. The number of carboxylic acid groups (broad SMARTS) is 1. The monoisotopic (exact) mass is 282 g/mol. The van der Waals surface area contributed by atoms with Gasteiger partial charge in [-0.1, -0.05) is 56.5 Å². The fraction of sp³-hybridized carbons (Fsp3) is 0.286. The third-order valence-corrected chi connectivity index (χ3v) is 3.05. The summed E-state index contributed by atoms with van der Waals surface area (Å²) >= 11 is 1.33. The fourth-order valence-corrected chi connectivity index (χ4v) is 2.10. The lowest BCUT2D eigenvalue weighted by molar-refractivity contribution is -0.140. The molecule has 1 aliphatic rings. The lowest BCUT2D eigenvalue weighted by Gasteiger charge is -2.15. The van der Waals surface area contributed by atoms with Gasteiger partial charge in [0.1, 0.15) is 6.61 Å². The van der Waals surface area contributed by atoms with Crippen molar-refractivity contribution in [2.45, 2.75) is 19.6 Å². The first-order valence-corrected chi connectivity index (χ1v) is 6.81. The summed E-state index contributed by atoms with van der Waals surface area (Å²) in [6, 6.07) is 7.92. The molecule has 0 unspecified atom stereocenters. The maximum atomic E-state index is 11.2. The number of rotatable bonds is 1. The third-order valence-electron chi connectivity index (χ3n) is 2.08. The van der Waals surface area contributed by atoms with Crippen LogP contribution in [0.5, 0.6) is 0 Å². The van der Waals surface area contributed by atoms with Gasteiger partial charge in [0, 0.05) is 11.3 Å². The molecule has 0 fully saturated rings. The summed E-state index contributed by atoms with van der Waals surface area (Å²) in [5.74, 6) is -0.404. The third kappa shape index (κ3) is 5.72. The molecule has 1 aliphatic heterocycles. The van der Waals surface area contributed by atoms with Crippen molar-refractivity contribution in [1.82, 2.24) is 0 Å². The van der Waals surface area contributed by atoms with Crippen LogP contribution in [0.2, 0.25) is 0 Å². The van der Waals surface area contributed by atoms with E-state index in [0.29, 0.717) is 5.57 Å². The summed E-state index contributed by atoms with van der Waals surface area (Å²) in [7, 11) is 0. The number of fused-ring (bicyclic) bond motifs is 1. The van der Waals surface area contributed by atoms with Gasteiger partial charge in [-0.2, -0.15) is 0 Å². The van der Waals surface area contributed by atoms with Gasteiger partial charge in [-0.15, -0.1) is 0 Å². The molecule has 19 heavy (non-hydrogen) atoms. The van der Waals surface area contributed by atoms with E-state index in [1.165, 1.54) is 17.3 Å². The van der Waals surface area contributed by atoms with Gasteiger partial charge >= 0.3 is 5.97 Å². The zero-order chi connectivity index (χ0) is 14.8. The molecule has 0 saturated heterocycles. The average molecular weight is 282 g/mol. The first-order chi connectivity index (χ1) is 9.06. The number of carbonyl (C=O) groups excluding carboxylic acids is 1. The second-order valence-electron chi connectivity index (χ2n) is 3.26. The predicted octanol–water partition coefficient (Wildman–Crippen LogP) is 2.56. The van der Waals surface area contributed by atoms with E-state index in [1.54, 1.807) is 0 Å². The highest BCUT2D eigenvalue weighted by molar-refractivity contribution is 8.14. The Morgan fingerprint density at radius 1 is 1.37 bits per heavy atom. The molecule has 1 heterocycles. The van der Waals surface area contributed by atoms with Crippen molar-refractivity contribution in [3.63, 3.8) is 0 Å². The summed E-state index contributed by atoms with van der Waals surface area (Å²) < 4.78 is 0. The topological polar surface area (TPSA) is 74.6 Å². The zero-order valence-corrected chi connectivity index (χ0v) is 11.9. The van der Waals surface area contributed by atoms with Crippen LogP contribution in [0.25, 0.3) is 5.57 Å². The maximum absolute atomic E-state index is 11.2. The van der Waals surface area contributed by atoms with Gasteiger partial charge in [-0.3, -0.25) is 4.79 Å². The number of thioether (sulfide) groups is 1. The van der Waals surface area contributed by atoms with E-state index < -0.39 is 12.6 Å². The Morgan fingerprint density at radius 2 is 1.89 bits per heavy atom. The minimum Gasteiger partial charge on any atom is -0.480 e. The van der Waals surface area contributed by atoms with Crippen LogP contribution in [0.1, 0.15) is 25.0 Å². The largest absolute Gasteiger partial charge is 0.480 e. The van der Waals surface area contributed by atoms with Gasteiger partial charge in [-0.25, -0.2) is 4.79 Å². The Balaban J connectivity index is 0.000000396. The molecule has 5 heteroatoms. The van der Waals surface area contributed by atoms with E-state index in [2.05, 4.69) is 6.58 Å². The van der Waals surface area contributed by atoms with E-state index in [-0.39, 0.29) is 5.12 Å². The molecule has 4 nitrogen and oxygen atoms in total. The molecule has 0 aliphatic carbocycles. The lowest BCUT2D eigenvalue weighted by atomic mass is 10.0. The molecule has 0 bridgehead atoms. The second kappa shape index (κ2) is 9.35. The normalized spacial score (nSPS) is 12.4. The van der Waals surface area contributed by atoms with Gasteiger partial charge < -0.3 is 10.2 Å². The number of carboxylic acids is 1. The van der Waals surface area contributed by atoms with Gasteiger partial charge in [0.25, 0.3) is 0 Å². The van der Waals surface area contributed by atoms with Crippen LogP contribution in [-0.4, -0.2) is 27.9 Å². The van der Waals surface area contributed by atoms with Crippen LogP contribution >= 0.6 is 11.8 Å². The molecule has 0 atom stereocenters. The van der Waals surface area contributed by atoms with E-state index in [1.807, 2.05) is 38.1 Å². The summed E-state index contributed by atoms with van der Waals surface area (Å²) in [4.78, 5) is 20.3. The number of hydrogen-bond acceptors (Lipinski definition) is 4. The Kier molecular flexibility index (Phi) is 8.57. The summed E-state index contributed by atoms with van der Waals surface area (Å²) in [5.41, 5.74) is 2.87. The molecule has 2 rings (SSSR count). The maximum Gasteiger partial charge on any atom is 0.329 e. The predicted molar refractivity (Wildman–Crippen MR) is 77.8 cm³/mol. The molecule has 0 amide bonds. The van der Waals surface area contributed by atoms with Crippen LogP contribution in [0.3, 0.4) is 0 Å². The number of aliphatic hydroxyl groups is 1. The molecule has 1 aromatic carbocycles. The van der Waals surface area contributed by atoms with Gasteiger partial charge in [0.15, 0.2) is 0 Å². The summed E-state index contributed by atoms with van der Waals surface area (Å²) in [6.45, 7) is 6.99. The van der Waals surface area contributed by atoms with Crippen molar-refractivity contribution < 1.29 is 19.8 Å². The number of benzene rings is 1. The van der Waals surface area contributed by atoms with Crippen LogP contribution < -0.4 is 0 Å².